The summed E-state index contributed by atoms with van der Waals surface area (Å²) in [6.45, 7) is 6.85. The summed E-state index contributed by atoms with van der Waals surface area (Å²) in [6.07, 6.45) is 1.76. The molecule has 1 aromatic heterocycles. The van der Waals surface area contributed by atoms with Gasteiger partial charge in [0.1, 0.15) is 5.82 Å². The molecule has 0 amide bonds. The Morgan fingerprint density at radius 2 is 2.00 bits per heavy atom. The molecule has 6 heteroatoms. The van der Waals surface area contributed by atoms with Gasteiger partial charge < -0.3 is 5.32 Å². The molecule has 1 atom stereocenters. The molecule has 114 valence electrons. The average molecular weight is 419 g/mol. The summed E-state index contributed by atoms with van der Waals surface area (Å²) in [5.74, 6) is -0.244. The van der Waals surface area contributed by atoms with Crippen molar-refractivity contribution in [2.45, 2.75) is 32.9 Å². The maximum absolute atomic E-state index is 14.5. The number of hydrogen-bond donors (Lipinski definition) is 1. The lowest BCUT2D eigenvalue weighted by Crippen LogP contribution is -2.26. The molecule has 1 unspecified atom stereocenters. The van der Waals surface area contributed by atoms with Crippen molar-refractivity contribution in [1.29, 1.82) is 0 Å². The summed E-state index contributed by atoms with van der Waals surface area (Å²) in [7, 11) is 0. The molecule has 21 heavy (non-hydrogen) atoms. The minimum Gasteiger partial charge on any atom is -0.305 e. The molecule has 0 aliphatic heterocycles. The van der Waals surface area contributed by atoms with Crippen molar-refractivity contribution in [3.8, 4) is 0 Å². The van der Waals surface area contributed by atoms with Crippen LogP contribution in [0.25, 0.3) is 0 Å². The molecule has 0 radical (unpaired) electrons. The van der Waals surface area contributed by atoms with Gasteiger partial charge in [-0.25, -0.2) is 4.39 Å². The number of benzene rings is 1. The molecule has 0 aliphatic carbocycles. The third-order valence-corrected chi connectivity index (χ3v) is 4.47. The van der Waals surface area contributed by atoms with Gasteiger partial charge in [-0.3, -0.25) is 4.68 Å². The number of nitrogens with zero attached hydrogens (tertiary/aromatic N) is 2. The van der Waals surface area contributed by atoms with Crippen molar-refractivity contribution in [2.75, 3.05) is 6.54 Å². The van der Waals surface area contributed by atoms with E-state index in [9.17, 15) is 4.39 Å². The van der Waals surface area contributed by atoms with Crippen molar-refractivity contribution in [3.05, 3.63) is 50.4 Å². The van der Waals surface area contributed by atoms with Crippen molar-refractivity contribution in [1.82, 2.24) is 15.1 Å². The fourth-order valence-corrected chi connectivity index (χ4v) is 3.22. The highest BCUT2D eigenvalue weighted by molar-refractivity contribution is 9.10. The predicted octanol–water partition coefficient (Wildman–Crippen LogP) is 4.83. The quantitative estimate of drug-likeness (QED) is 0.753. The molecular weight excluding hydrogens is 401 g/mol. The molecule has 0 fully saturated rings. The van der Waals surface area contributed by atoms with Crippen molar-refractivity contribution < 1.29 is 4.39 Å². The normalized spacial score (nSPS) is 12.9. The maximum atomic E-state index is 14.5. The van der Waals surface area contributed by atoms with Gasteiger partial charge in [-0.05, 0) is 58.3 Å². The third-order valence-electron chi connectivity index (χ3n) is 3.25. The first-order valence-electron chi connectivity index (χ1n) is 6.87. The fraction of sp³-hybridized carbons (Fsp3) is 0.400. The highest BCUT2D eigenvalue weighted by Gasteiger charge is 2.25. The maximum Gasteiger partial charge on any atom is 0.142 e. The SMILES string of the molecule is CCNC(c1cccc(Br)c1F)c1c(Br)cnn1C(C)C. The van der Waals surface area contributed by atoms with E-state index in [0.717, 1.165) is 16.7 Å². The van der Waals surface area contributed by atoms with Crippen LogP contribution in [0.2, 0.25) is 0 Å². The monoisotopic (exact) mass is 417 g/mol. The van der Waals surface area contributed by atoms with Gasteiger partial charge in [-0.15, -0.1) is 0 Å². The molecule has 1 aromatic carbocycles. The Labute approximate surface area is 141 Å². The number of nitrogens with one attached hydrogen (secondary N) is 1. The third kappa shape index (κ3) is 3.38. The van der Waals surface area contributed by atoms with Crippen LogP contribution in [0, 0.1) is 5.82 Å². The predicted molar refractivity (Wildman–Crippen MR) is 89.9 cm³/mol. The summed E-state index contributed by atoms with van der Waals surface area (Å²) in [4.78, 5) is 0. The van der Waals surface area contributed by atoms with Gasteiger partial charge in [0.05, 0.1) is 26.9 Å². The lowest BCUT2D eigenvalue weighted by molar-refractivity contribution is 0.465. The van der Waals surface area contributed by atoms with E-state index in [1.54, 1.807) is 18.3 Å². The van der Waals surface area contributed by atoms with E-state index in [-0.39, 0.29) is 17.9 Å². The van der Waals surface area contributed by atoms with Crippen LogP contribution in [-0.2, 0) is 0 Å². The van der Waals surface area contributed by atoms with Gasteiger partial charge in [-0.1, -0.05) is 19.1 Å². The average Bonchev–Trinajstić information content (AvgIpc) is 2.82. The molecule has 0 aliphatic rings. The van der Waals surface area contributed by atoms with Crippen LogP contribution in [0.3, 0.4) is 0 Å². The van der Waals surface area contributed by atoms with Gasteiger partial charge in [0.15, 0.2) is 0 Å². The van der Waals surface area contributed by atoms with Crippen LogP contribution in [0.15, 0.2) is 33.3 Å². The Morgan fingerprint density at radius 3 is 2.62 bits per heavy atom. The molecule has 1 heterocycles. The second kappa shape index (κ2) is 7.03. The van der Waals surface area contributed by atoms with Crippen LogP contribution in [0.1, 0.15) is 44.1 Å². The zero-order valence-electron chi connectivity index (χ0n) is 12.2. The van der Waals surface area contributed by atoms with Gasteiger partial charge in [0.25, 0.3) is 0 Å². The molecule has 2 aromatic rings. The van der Waals surface area contributed by atoms with Crippen molar-refractivity contribution >= 4 is 31.9 Å². The molecule has 0 spiro atoms. The first-order chi connectivity index (χ1) is 9.97. The van der Waals surface area contributed by atoms with E-state index >= 15 is 0 Å². The second-order valence-corrected chi connectivity index (χ2v) is 6.76. The Balaban J connectivity index is 2.59. The number of rotatable bonds is 5. The van der Waals surface area contributed by atoms with Gasteiger partial charge in [0, 0.05) is 11.6 Å². The molecular formula is C15H18Br2FN3. The number of hydrogen-bond acceptors (Lipinski definition) is 2. The Hall–Kier alpha value is -0.720. The molecule has 3 nitrogen and oxygen atoms in total. The van der Waals surface area contributed by atoms with Crippen LogP contribution in [0.5, 0.6) is 0 Å². The molecule has 2 rings (SSSR count). The zero-order valence-corrected chi connectivity index (χ0v) is 15.4. The zero-order chi connectivity index (χ0) is 15.6. The minimum atomic E-state index is -0.258. The van der Waals surface area contributed by atoms with E-state index in [2.05, 4.69) is 56.1 Å². The lowest BCUT2D eigenvalue weighted by atomic mass is 10.0. The topological polar surface area (TPSA) is 29.9 Å². The Kier molecular flexibility index (Phi) is 5.57. The van der Waals surface area contributed by atoms with Gasteiger partial charge in [0.2, 0.25) is 0 Å². The molecule has 0 saturated heterocycles. The summed E-state index contributed by atoms with van der Waals surface area (Å²) < 4.78 is 17.8. The van der Waals surface area contributed by atoms with Crippen LogP contribution in [0.4, 0.5) is 4.39 Å². The largest absolute Gasteiger partial charge is 0.305 e. The molecule has 0 bridgehead atoms. The van der Waals surface area contributed by atoms with E-state index in [1.165, 1.54) is 0 Å². The Morgan fingerprint density at radius 1 is 1.29 bits per heavy atom. The first-order valence-corrected chi connectivity index (χ1v) is 8.46. The Bertz CT molecular complexity index is 625. The van der Waals surface area contributed by atoms with Gasteiger partial charge in [-0.2, -0.15) is 5.10 Å². The lowest BCUT2D eigenvalue weighted by Gasteiger charge is -2.23. The highest BCUT2D eigenvalue weighted by Crippen LogP contribution is 2.33. The van der Waals surface area contributed by atoms with Crippen molar-refractivity contribution in [3.63, 3.8) is 0 Å². The number of halogens is 3. The molecule has 0 saturated carbocycles. The van der Waals surface area contributed by atoms with Crippen LogP contribution < -0.4 is 5.32 Å². The summed E-state index contributed by atoms with van der Waals surface area (Å²) in [5, 5.41) is 7.75. The summed E-state index contributed by atoms with van der Waals surface area (Å²) >= 11 is 6.80. The highest BCUT2D eigenvalue weighted by atomic mass is 79.9. The summed E-state index contributed by atoms with van der Waals surface area (Å²) in [6, 6.07) is 5.29. The second-order valence-electron chi connectivity index (χ2n) is 5.05. The first kappa shape index (κ1) is 16.6. The standard InChI is InChI=1S/C15H18Br2FN3/c1-4-19-14(10-6-5-7-11(16)13(10)18)15-12(17)8-20-21(15)9(2)3/h5-9,14,19H,4H2,1-3H3. The smallest absolute Gasteiger partial charge is 0.142 e. The minimum absolute atomic E-state index is 0.197. The van der Waals surface area contributed by atoms with Crippen LogP contribution >= 0.6 is 31.9 Å². The fourth-order valence-electron chi connectivity index (χ4n) is 2.33. The van der Waals surface area contributed by atoms with E-state index in [4.69, 9.17) is 0 Å². The van der Waals surface area contributed by atoms with E-state index in [0.29, 0.717) is 10.0 Å². The van der Waals surface area contributed by atoms with E-state index in [1.807, 2.05) is 17.7 Å². The van der Waals surface area contributed by atoms with E-state index < -0.39 is 0 Å². The molecule has 1 N–H and O–H groups in total. The summed E-state index contributed by atoms with van der Waals surface area (Å²) in [5.41, 5.74) is 1.54. The number of aromatic nitrogens is 2. The van der Waals surface area contributed by atoms with Crippen LogP contribution in [-0.4, -0.2) is 16.3 Å². The van der Waals surface area contributed by atoms with Gasteiger partial charge >= 0.3 is 0 Å². The van der Waals surface area contributed by atoms with Crippen molar-refractivity contribution in [2.24, 2.45) is 0 Å².